The van der Waals surface area contributed by atoms with Gasteiger partial charge in [-0.3, -0.25) is 15.7 Å². The molecule has 0 spiro atoms. The van der Waals surface area contributed by atoms with E-state index >= 15 is 0 Å². The van der Waals surface area contributed by atoms with Gasteiger partial charge in [0.1, 0.15) is 0 Å². The second kappa shape index (κ2) is 6.67. The fourth-order valence-electron chi connectivity index (χ4n) is 2.82. The van der Waals surface area contributed by atoms with Crippen molar-refractivity contribution in [2.24, 2.45) is 5.84 Å². The molecule has 1 atom stereocenters. The molecule has 0 aromatic carbocycles. The third-order valence-electron chi connectivity index (χ3n) is 4.02. The van der Waals surface area contributed by atoms with Gasteiger partial charge in [0.25, 0.3) is 0 Å². The van der Waals surface area contributed by atoms with Crippen molar-refractivity contribution in [2.45, 2.75) is 51.7 Å². The van der Waals surface area contributed by atoms with Gasteiger partial charge in [-0.15, -0.1) is 11.3 Å². The van der Waals surface area contributed by atoms with Gasteiger partial charge in [0.05, 0.1) is 17.3 Å². The molecule has 1 unspecified atom stereocenters. The maximum absolute atomic E-state index is 6.03. The topological polar surface area (TPSA) is 64.6 Å². The van der Waals surface area contributed by atoms with E-state index in [9.17, 15) is 0 Å². The van der Waals surface area contributed by atoms with Gasteiger partial charge in [0, 0.05) is 30.8 Å². The zero-order chi connectivity index (χ0) is 14.6. The number of nitrogens with zero attached hydrogens (tertiary/aromatic N) is 2. The summed E-state index contributed by atoms with van der Waals surface area (Å²) in [6.45, 7) is 7.02. The number of nitrogens with one attached hydrogen (secondary N) is 1. The third-order valence-corrected chi connectivity index (χ3v) is 4.79. The molecule has 0 radical (unpaired) electrons. The number of ether oxygens (including phenoxy) is 1. The molecule has 2 aromatic rings. The number of rotatable bonds is 8. The van der Waals surface area contributed by atoms with Gasteiger partial charge in [-0.25, -0.2) is 4.98 Å². The van der Waals surface area contributed by atoms with E-state index in [1.807, 2.05) is 22.9 Å². The smallest absolute Gasteiger partial charge is 0.193 e. The number of hydrogen-bond acceptors (Lipinski definition) is 5. The summed E-state index contributed by atoms with van der Waals surface area (Å²) in [5, 5.41) is 2.04. The first-order valence-corrected chi connectivity index (χ1v) is 8.08. The number of hydrazine groups is 1. The van der Waals surface area contributed by atoms with Gasteiger partial charge in [0.2, 0.25) is 0 Å². The van der Waals surface area contributed by atoms with Crippen LogP contribution in [0.1, 0.15) is 39.3 Å². The van der Waals surface area contributed by atoms with Gasteiger partial charge < -0.3 is 4.74 Å². The number of thiazole rings is 1. The Bertz CT molecular complexity index is 503. The summed E-state index contributed by atoms with van der Waals surface area (Å²) in [6.07, 6.45) is 6.71. The maximum atomic E-state index is 6.03. The minimum Gasteiger partial charge on any atom is -0.374 e. The first-order chi connectivity index (χ1) is 9.69. The molecule has 20 heavy (non-hydrogen) atoms. The fraction of sp³-hybridized carbons (Fsp3) is 0.643. The Morgan fingerprint density at radius 3 is 2.75 bits per heavy atom. The Morgan fingerprint density at radius 2 is 2.20 bits per heavy atom. The van der Waals surface area contributed by atoms with Crippen molar-refractivity contribution in [3.05, 3.63) is 23.5 Å². The molecule has 5 nitrogen and oxygen atoms in total. The lowest BCUT2D eigenvalue weighted by Gasteiger charge is -2.38. The highest BCUT2D eigenvalue weighted by Crippen LogP contribution is 2.27. The minimum absolute atomic E-state index is 0.0575. The maximum Gasteiger partial charge on any atom is 0.193 e. The van der Waals surface area contributed by atoms with Gasteiger partial charge in [0.15, 0.2) is 4.96 Å². The van der Waals surface area contributed by atoms with Crippen molar-refractivity contribution in [2.75, 3.05) is 6.61 Å². The van der Waals surface area contributed by atoms with Crippen LogP contribution in [0.5, 0.6) is 0 Å². The molecule has 0 saturated carbocycles. The molecule has 6 heteroatoms. The largest absolute Gasteiger partial charge is 0.374 e. The number of fused-ring (bicyclic) bond motifs is 1. The molecule has 0 aliphatic rings. The zero-order valence-corrected chi connectivity index (χ0v) is 13.2. The van der Waals surface area contributed by atoms with Crippen LogP contribution < -0.4 is 11.3 Å². The molecule has 3 N–H and O–H groups in total. The minimum atomic E-state index is -0.236. The predicted molar refractivity (Wildman–Crippen MR) is 82.8 cm³/mol. The molecule has 112 valence electrons. The van der Waals surface area contributed by atoms with Crippen LogP contribution in [0.25, 0.3) is 4.96 Å². The van der Waals surface area contributed by atoms with Crippen LogP contribution in [0, 0.1) is 0 Å². The van der Waals surface area contributed by atoms with E-state index in [1.54, 1.807) is 11.3 Å². The summed E-state index contributed by atoms with van der Waals surface area (Å²) in [4.78, 5) is 5.65. The monoisotopic (exact) mass is 296 g/mol. The van der Waals surface area contributed by atoms with E-state index in [2.05, 4.69) is 30.5 Å². The van der Waals surface area contributed by atoms with Crippen molar-refractivity contribution in [1.29, 1.82) is 0 Å². The molecule has 0 bridgehead atoms. The summed E-state index contributed by atoms with van der Waals surface area (Å²) in [5.41, 5.74) is 3.76. The van der Waals surface area contributed by atoms with Gasteiger partial charge in [-0.05, 0) is 19.8 Å². The predicted octanol–water partition coefficient (Wildman–Crippen LogP) is 2.37. The molecule has 0 saturated heterocycles. The van der Waals surface area contributed by atoms with E-state index in [4.69, 9.17) is 10.6 Å². The van der Waals surface area contributed by atoms with Crippen LogP contribution in [0.3, 0.4) is 0 Å². The van der Waals surface area contributed by atoms with Gasteiger partial charge >= 0.3 is 0 Å². The summed E-state index contributed by atoms with van der Waals surface area (Å²) in [5.74, 6) is 5.80. The number of hydrogen-bond donors (Lipinski definition) is 2. The van der Waals surface area contributed by atoms with Crippen LogP contribution in [-0.4, -0.2) is 27.6 Å². The lowest BCUT2D eigenvalue weighted by atomic mass is 9.86. The lowest BCUT2D eigenvalue weighted by Crippen LogP contribution is -2.55. The Hall–Kier alpha value is -0.950. The van der Waals surface area contributed by atoms with E-state index < -0.39 is 0 Å². The van der Waals surface area contributed by atoms with Crippen LogP contribution in [0.15, 0.2) is 17.8 Å². The number of imidazole rings is 1. The second-order valence-corrected chi connectivity index (χ2v) is 5.83. The van der Waals surface area contributed by atoms with Crippen molar-refractivity contribution in [3.8, 4) is 0 Å². The second-order valence-electron chi connectivity index (χ2n) is 4.95. The summed E-state index contributed by atoms with van der Waals surface area (Å²) >= 11 is 1.64. The molecule has 0 fully saturated rings. The first-order valence-electron chi connectivity index (χ1n) is 7.20. The van der Waals surface area contributed by atoms with E-state index in [-0.39, 0.29) is 11.6 Å². The Kier molecular flexibility index (Phi) is 5.15. The quantitative estimate of drug-likeness (QED) is 0.580. The SMILES string of the molecule is CCOC(CC)(CC)C(Cc1cn2ccsc2n1)NN. The average Bonchev–Trinajstić information content (AvgIpc) is 3.03. The van der Waals surface area contributed by atoms with Crippen molar-refractivity contribution >= 4 is 16.3 Å². The van der Waals surface area contributed by atoms with Crippen molar-refractivity contribution < 1.29 is 4.74 Å². The van der Waals surface area contributed by atoms with E-state index in [0.717, 1.165) is 29.9 Å². The zero-order valence-electron chi connectivity index (χ0n) is 12.4. The molecule has 2 aromatic heterocycles. The number of nitrogens with two attached hydrogens (primary N) is 1. The Morgan fingerprint density at radius 1 is 1.45 bits per heavy atom. The third kappa shape index (κ3) is 2.88. The highest BCUT2D eigenvalue weighted by molar-refractivity contribution is 7.15. The summed E-state index contributed by atoms with van der Waals surface area (Å²) in [6, 6.07) is 0.0575. The van der Waals surface area contributed by atoms with Crippen LogP contribution >= 0.6 is 11.3 Å². The highest BCUT2D eigenvalue weighted by Gasteiger charge is 2.36. The molecule has 0 aliphatic heterocycles. The van der Waals surface area contributed by atoms with Crippen LogP contribution in [0.4, 0.5) is 0 Å². The van der Waals surface area contributed by atoms with Gasteiger partial charge in [-0.2, -0.15) is 0 Å². The normalized spacial score (nSPS) is 14.0. The number of aromatic nitrogens is 2. The molecule has 0 aliphatic carbocycles. The first kappa shape index (κ1) is 15.4. The summed E-state index contributed by atoms with van der Waals surface area (Å²) < 4.78 is 8.08. The van der Waals surface area contributed by atoms with Crippen molar-refractivity contribution in [1.82, 2.24) is 14.8 Å². The van der Waals surface area contributed by atoms with Crippen LogP contribution in [-0.2, 0) is 11.2 Å². The fourth-order valence-corrected chi connectivity index (χ4v) is 3.53. The lowest BCUT2D eigenvalue weighted by molar-refractivity contribution is -0.0721. The molecular formula is C14H24N4OS. The van der Waals surface area contributed by atoms with E-state index in [0.29, 0.717) is 6.61 Å². The van der Waals surface area contributed by atoms with Gasteiger partial charge in [-0.1, -0.05) is 13.8 Å². The summed E-state index contributed by atoms with van der Waals surface area (Å²) in [7, 11) is 0. The molecule has 2 rings (SSSR count). The molecule has 0 amide bonds. The van der Waals surface area contributed by atoms with Crippen LogP contribution in [0.2, 0.25) is 0 Å². The van der Waals surface area contributed by atoms with E-state index in [1.165, 1.54) is 0 Å². The Labute approximate surface area is 124 Å². The average molecular weight is 296 g/mol. The Balaban J connectivity index is 2.20. The van der Waals surface area contributed by atoms with Crippen molar-refractivity contribution in [3.63, 3.8) is 0 Å². The standard InChI is InChI=1S/C14H24N4OS/c1-4-14(5-2,19-6-3)12(17-15)9-11-10-18-7-8-20-13(18)16-11/h7-8,10,12,17H,4-6,9,15H2,1-3H3. The highest BCUT2D eigenvalue weighted by atomic mass is 32.1. The molecule has 2 heterocycles. The molecular weight excluding hydrogens is 272 g/mol.